The first-order valence-electron chi connectivity index (χ1n) is 9.71. The van der Waals surface area contributed by atoms with Crippen LogP contribution in [0.5, 0.6) is 0 Å². The Morgan fingerprint density at radius 1 is 1.32 bits per heavy atom. The van der Waals surface area contributed by atoms with Crippen molar-refractivity contribution in [3.05, 3.63) is 47.9 Å². The van der Waals surface area contributed by atoms with Gasteiger partial charge in [-0.2, -0.15) is 0 Å². The molecular formula is C20H25N7O. The summed E-state index contributed by atoms with van der Waals surface area (Å²) in [6, 6.07) is 10.0. The van der Waals surface area contributed by atoms with Crippen molar-refractivity contribution in [2.75, 3.05) is 18.0 Å². The van der Waals surface area contributed by atoms with Crippen LogP contribution in [0.25, 0.3) is 10.9 Å². The minimum Gasteiger partial charge on any atom is -0.345 e. The molecule has 146 valence electrons. The lowest BCUT2D eigenvalue weighted by atomic mass is 10.1. The Hall–Kier alpha value is -3.00. The summed E-state index contributed by atoms with van der Waals surface area (Å²) >= 11 is 0. The van der Waals surface area contributed by atoms with Gasteiger partial charge < -0.3 is 16.0 Å². The molecule has 3 heterocycles. The third kappa shape index (κ3) is 3.68. The third-order valence-corrected chi connectivity index (χ3v) is 5.11. The summed E-state index contributed by atoms with van der Waals surface area (Å²) in [5.74, 6) is 0.826. The van der Waals surface area contributed by atoms with E-state index >= 15 is 0 Å². The Labute approximate surface area is 163 Å². The molecule has 1 atom stereocenters. The number of carbonyl (C=O) groups is 1. The summed E-state index contributed by atoms with van der Waals surface area (Å²) in [5.41, 5.74) is 8.04. The molecule has 1 aromatic carbocycles. The second-order valence-corrected chi connectivity index (χ2v) is 7.13. The Morgan fingerprint density at radius 2 is 2.21 bits per heavy atom. The molecule has 1 saturated heterocycles. The van der Waals surface area contributed by atoms with Crippen LogP contribution in [0.3, 0.4) is 0 Å². The summed E-state index contributed by atoms with van der Waals surface area (Å²) < 4.78 is 1.86. The molecule has 2 aromatic heterocycles. The standard InChI is InChI=1S/C20H25N7O/c1-2-27-18(24-25-20(27)26-10-4-6-16(21)13-26)19(28)23-12-14-7-8-17-15(11-14)5-3-9-22-17/h3,5,7-9,11,16H,2,4,6,10,12-13,21H2,1H3,(H,23,28). The quantitative estimate of drug-likeness (QED) is 0.700. The molecule has 28 heavy (non-hydrogen) atoms. The van der Waals surface area contributed by atoms with Crippen LogP contribution < -0.4 is 16.0 Å². The molecule has 0 spiro atoms. The summed E-state index contributed by atoms with van der Waals surface area (Å²) in [6.07, 6.45) is 3.82. The minimum absolute atomic E-state index is 0.135. The fraction of sp³-hybridized carbons (Fsp3) is 0.400. The first kappa shape index (κ1) is 18.4. The van der Waals surface area contributed by atoms with E-state index in [9.17, 15) is 4.79 Å². The van der Waals surface area contributed by atoms with Gasteiger partial charge in [0.25, 0.3) is 5.91 Å². The Morgan fingerprint density at radius 3 is 3.04 bits per heavy atom. The van der Waals surface area contributed by atoms with Crippen LogP contribution in [0.2, 0.25) is 0 Å². The van der Waals surface area contributed by atoms with Crippen LogP contribution in [-0.2, 0) is 13.1 Å². The third-order valence-electron chi connectivity index (χ3n) is 5.11. The van der Waals surface area contributed by atoms with E-state index in [1.807, 2.05) is 41.8 Å². The van der Waals surface area contributed by atoms with Crippen LogP contribution >= 0.6 is 0 Å². The molecule has 4 rings (SSSR count). The van der Waals surface area contributed by atoms with Crippen molar-refractivity contribution < 1.29 is 4.79 Å². The number of nitrogens with zero attached hydrogens (tertiary/aromatic N) is 5. The van der Waals surface area contributed by atoms with Gasteiger partial charge >= 0.3 is 0 Å². The second kappa shape index (κ2) is 7.93. The van der Waals surface area contributed by atoms with E-state index in [0.717, 1.165) is 48.3 Å². The Balaban J connectivity index is 1.48. The molecule has 1 unspecified atom stereocenters. The van der Waals surface area contributed by atoms with E-state index in [2.05, 4.69) is 25.4 Å². The molecule has 8 heteroatoms. The molecule has 1 fully saturated rings. The number of fused-ring (bicyclic) bond motifs is 1. The Bertz CT molecular complexity index is 984. The highest BCUT2D eigenvalue weighted by molar-refractivity contribution is 5.91. The number of piperidine rings is 1. The van der Waals surface area contributed by atoms with Crippen LogP contribution in [-0.4, -0.2) is 44.8 Å². The summed E-state index contributed by atoms with van der Waals surface area (Å²) in [7, 11) is 0. The first-order chi connectivity index (χ1) is 13.7. The number of rotatable bonds is 5. The zero-order valence-electron chi connectivity index (χ0n) is 16.0. The maximum Gasteiger partial charge on any atom is 0.289 e. The topological polar surface area (TPSA) is 102 Å². The SMILES string of the molecule is CCn1c(C(=O)NCc2ccc3ncccc3c2)nnc1N1CCCC(N)C1. The first-order valence-corrected chi connectivity index (χ1v) is 9.71. The fourth-order valence-electron chi connectivity index (χ4n) is 3.68. The predicted octanol–water partition coefficient (Wildman–Crippen LogP) is 1.70. The van der Waals surface area contributed by atoms with Crippen molar-refractivity contribution in [2.45, 2.75) is 38.9 Å². The van der Waals surface area contributed by atoms with Gasteiger partial charge in [-0.15, -0.1) is 10.2 Å². The highest BCUT2D eigenvalue weighted by Gasteiger charge is 2.25. The lowest BCUT2D eigenvalue weighted by molar-refractivity contribution is 0.0936. The molecule has 3 aromatic rings. The highest BCUT2D eigenvalue weighted by atomic mass is 16.2. The van der Waals surface area contributed by atoms with Crippen molar-refractivity contribution in [3.63, 3.8) is 0 Å². The lowest BCUT2D eigenvalue weighted by Crippen LogP contribution is -2.44. The molecule has 0 aliphatic carbocycles. The van der Waals surface area contributed by atoms with Gasteiger partial charge in [0.05, 0.1) is 5.52 Å². The van der Waals surface area contributed by atoms with Crippen molar-refractivity contribution in [1.82, 2.24) is 25.1 Å². The second-order valence-electron chi connectivity index (χ2n) is 7.13. The number of pyridine rings is 1. The number of aromatic nitrogens is 4. The van der Waals surface area contributed by atoms with E-state index in [-0.39, 0.29) is 11.9 Å². The number of hydrogen-bond acceptors (Lipinski definition) is 6. The molecule has 0 radical (unpaired) electrons. The van der Waals surface area contributed by atoms with Gasteiger partial charge in [0, 0.05) is 43.8 Å². The van der Waals surface area contributed by atoms with Crippen LogP contribution in [0.4, 0.5) is 5.95 Å². The molecular weight excluding hydrogens is 354 g/mol. The van der Waals surface area contributed by atoms with E-state index in [0.29, 0.717) is 18.9 Å². The maximum atomic E-state index is 12.7. The molecule has 1 amide bonds. The van der Waals surface area contributed by atoms with Crippen molar-refractivity contribution in [1.29, 1.82) is 0 Å². The number of carbonyl (C=O) groups excluding carboxylic acids is 1. The number of nitrogens with two attached hydrogens (primary N) is 1. The van der Waals surface area contributed by atoms with Gasteiger partial charge in [0.1, 0.15) is 0 Å². The summed E-state index contributed by atoms with van der Waals surface area (Å²) in [5, 5.41) is 12.4. The van der Waals surface area contributed by atoms with Gasteiger partial charge in [-0.25, -0.2) is 0 Å². The van der Waals surface area contributed by atoms with Crippen molar-refractivity contribution in [2.24, 2.45) is 5.73 Å². The average Bonchev–Trinajstić information content (AvgIpc) is 3.16. The van der Waals surface area contributed by atoms with Crippen molar-refractivity contribution in [3.8, 4) is 0 Å². The largest absolute Gasteiger partial charge is 0.345 e. The van der Waals surface area contributed by atoms with Gasteiger partial charge in [-0.1, -0.05) is 12.1 Å². The van der Waals surface area contributed by atoms with E-state index in [4.69, 9.17) is 5.73 Å². The van der Waals surface area contributed by atoms with Gasteiger partial charge in [-0.3, -0.25) is 14.3 Å². The highest BCUT2D eigenvalue weighted by Crippen LogP contribution is 2.19. The predicted molar refractivity (Wildman–Crippen MR) is 108 cm³/mol. The average molecular weight is 379 g/mol. The molecule has 1 aliphatic heterocycles. The summed E-state index contributed by atoms with van der Waals surface area (Å²) in [4.78, 5) is 19.2. The zero-order valence-corrected chi connectivity index (χ0v) is 16.0. The monoisotopic (exact) mass is 379 g/mol. The van der Waals surface area contributed by atoms with Crippen molar-refractivity contribution >= 4 is 22.8 Å². The normalized spacial score (nSPS) is 17.1. The van der Waals surface area contributed by atoms with Crippen LogP contribution in [0.1, 0.15) is 35.9 Å². The molecule has 1 aliphatic rings. The van der Waals surface area contributed by atoms with Gasteiger partial charge in [0.2, 0.25) is 11.8 Å². The lowest BCUT2D eigenvalue weighted by Gasteiger charge is -2.31. The molecule has 0 saturated carbocycles. The number of nitrogens with one attached hydrogen (secondary N) is 1. The number of amides is 1. The van der Waals surface area contributed by atoms with Gasteiger partial charge in [-0.05, 0) is 43.5 Å². The fourth-order valence-corrected chi connectivity index (χ4v) is 3.68. The van der Waals surface area contributed by atoms with E-state index < -0.39 is 0 Å². The van der Waals surface area contributed by atoms with Crippen LogP contribution in [0, 0.1) is 0 Å². The molecule has 3 N–H and O–H groups in total. The summed E-state index contributed by atoms with van der Waals surface area (Å²) in [6.45, 7) is 4.66. The number of hydrogen-bond donors (Lipinski definition) is 2. The number of anilines is 1. The Kier molecular flexibility index (Phi) is 5.21. The number of benzene rings is 1. The molecule has 0 bridgehead atoms. The maximum absolute atomic E-state index is 12.7. The van der Waals surface area contributed by atoms with E-state index in [1.54, 1.807) is 6.20 Å². The van der Waals surface area contributed by atoms with E-state index in [1.165, 1.54) is 0 Å². The molecule has 8 nitrogen and oxygen atoms in total. The van der Waals surface area contributed by atoms with Gasteiger partial charge in [0.15, 0.2) is 0 Å². The zero-order chi connectivity index (χ0) is 19.5. The minimum atomic E-state index is -0.229. The van der Waals surface area contributed by atoms with Crippen LogP contribution in [0.15, 0.2) is 36.5 Å². The smallest absolute Gasteiger partial charge is 0.289 e.